The van der Waals surface area contributed by atoms with Gasteiger partial charge in [-0.3, -0.25) is 4.98 Å². The van der Waals surface area contributed by atoms with Crippen LogP contribution in [0.5, 0.6) is 11.6 Å². The average molecular weight is 620 g/mol. The zero-order chi connectivity index (χ0) is 32.6. The number of rotatable bonds is 6. The minimum absolute atomic E-state index is 0.0606. The van der Waals surface area contributed by atoms with Gasteiger partial charge >= 0.3 is 0 Å². The first kappa shape index (κ1) is 29.5. The van der Waals surface area contributed by atoms with Crippen LogP contribution in [0.1, 0.15) is 16.7 Å². The van der Waals surface area contributed by atoms with E-state index in [9.17, 15) is 0 Å². The molecule has 0 spiro atoms. The Balaban J connectivity index is 1.24. The third-order valence-electron chi connectivity index (χ3n) is 9.15. The Labute approximate surface area is 282 Å². The second-order valence-electron chi connectivity index (χ2n) is 12.5. The summed E-state index contributed by atoms with van der Waals surface area (Å²) in [5, 5.41) is 0. The van der Waals surface area contributed by atoms with E-state index in [0.29, 0.717) is 11.6 Å². The molecule has 0 bridgehead atoms. The molecule has 4 nitrogen and oxygen atoms in total. The van der Waals surface area contributed by atoms with Crippen molar-refractivity contribution in [1.82, 2.24) is 9.97 Å². The predicted octanol–water partition coefficient (Wildman–Crippen LogP) is 8.83. The maximum absolute atomic E-state index is 6.32. The van der Waals surface area contributed by atoms with Crippen LogP contribution >= 0.6 is 0 Å². The fraction of sp³-hybridized carbons (Fsp3) is 0.0698. The Kier molecular flexibility index (Phi) is 7.58. The largest absolute Gasteiger partial charge is 0.439 e. The van der Waals surface area contributed by atoms with Crippen molar-refractivity contribution in [2.75, 3.05) is 4.90 Å². The number of pyridine rings is 2. The molecular formula is C43H34BN3O. The van der Waals surface area contributed by atoms with Crippen LogP contribution in [0.25, 0.3) is 22.5 Å². The van der Waals surface area contributed by atoms with Gasteiger partial charge in [0.2, 0.25) is 12.6 Å². The van der Waals surface area contributed by atoms with Gasteiger partial charge in [-0.1, -0.05) is 107 Å². The normalized spacial score (nSPS) is 12.0. The molecule has 2 aromatic heterocycles. The fourth-order valence-corrected chi connectivity index (χ4v) is 7.20. The minimum atomic E-state index is 0.0606. The number of hydrogen-bond acceptors (Lipinski definition) is 4. The van der Waals surface area contributed by atoms with Crippen LogP contribution < -0.4 is 26.0 Å². The van der Waals surface area contributed by atoms with E-state index < -0.39 is 0 Å². The highest BCUT2D eigenvalue weighted by atomic mass is 16.5. The summed E-state index contributed by atoms with van der Waals surface area (Å²) in [7, 11) is 0. The smallest absolute Gasteiger partial charge is 0.247 e. The lowest BCUT2D eigenvalue weighted by molar-refractivity contribution is 0.464. The van der Waals surface area contributed by atoms with Gasteiger partial charge in [0.05, 0.1) is 11.4 Å². The van der Waals surface area contributed by atoms with E-state index in [1.807, 2.05) is 54.6 Å². The number of ether oxygens (including phenoxy) is 1. The average Bonchev–Trinajstić information content (AvgIpc) is 3.12. The molecule has 0 fully saturated rings. The summed E-state index contributed by atoms with van der Waals surface area (Å²) in [6.07, 6.45) is 1.80. The van der Waals surface area contributed by atoms with Crippen molar-refractivity contribution >= 4 is 40.2 Å². The molecule has 48 heavy (non-hydrogen) atoms. The van der Waals surface area contributed by atoms with Crippen LogP contribution in [0, 0.1) is 20.8 Å². The topological polar surface area (TPSA) is 38.2 Å². The van der Waals surface area contributed by atoms with Gasteiger partial charge in [0.25, 0.3) is 0 Å². The molecule has 7 aromatic rings. The third kappa shape index (κ3) is 5.43. The number of aromatic nitrogens is 2. The zero-order valence-electron chi connectivity index (χ0n) is 27.3. The molecule has 8 rings (SSSR count). The Morgan fingerprint density at radius 3 is 2.08 bits per heavy atom. The van der Waals surface area contributed by atoms with Crippen molar-refractivity contribution in [3.8, 4) is 34.1 Å². The highest BCUT2D eigenvalue weighted by molar-refractivity contribution is 6.98. The fourth-order valence-electron chi connectivity index (χ4n) is 7.20. The number of para-hydroxylation sites is 2. The van der Waals surface area contributed by atoms with Crippen LogP contribution in [-0.2, 0) is 0 Å². The quantitative estimate of drug-likeness (QED) is 0.174. The van der Waals surface area contributed by atoms with Gasteiger partial charge in [-0.05, 0) is 91.9 Å². The Morgan fingerprint density at radius 2 is 1.27 bits per heavy atom. The van der Waals surface area contributed by atoms with Crippen molar-refractivity contribution in [1.29, 1.82) is 0 Å². The Hall–Kier alpha value is -5.94. The number of aryl methyl sites for hydroxylation is 3. The Bertz CT molecular complexity index is 2250. The molecule has 0 N–H and O–H groups in total. The highest BCUT2D eigenvalue weighted by Gasteiger charge is 2.36. The van der Waals surface area contributed by atoms with Crippen molar-refractivity contribution in [2.45, 2.75) is 20.8 Å². The summed E-state index contributed by atoms with van der Waals surface area (Å²) < 4.78 is 6.32. The molecule has 5 aromatic carbocycles. The molecule has 0 aliphatic carbocycles. The second kappa shape index (κ2) is 12.3. The number of hydrogen-bond donors (Lipinski definition) is 0. The van der Waals surface area contributed by atoms with Crippen molar-refractivity contribution in [2.24, 2.45) is 0 Å². The van der Waals surface area contributed by atoms with Crippen LogP contribution in [0.3, 0.4) is 0 Å². The molecule has 1 aliphatic heterocycles. The van der Waals surface area contributed by atoms with Crippen LogP contribution in [0.15, 0.2) is 152 Å². The summed E-state index contributed by atoms with van der Waals surface area (Å²) in [5.41, 5.74) is 15.1. The molecule has 230 valence electrons. The molecule has 0 amide bonds. The third-order valence-corrected chi connectivity index (χ3v) is 9.15. The first-order valence-corrected chi connectivity index (χ1v) is 16.4. The van der Waals surface area contributed by atoms with E-state index in [-0.39, 0.29) is 6.71 Å². The summed E-state index contributed by atoms with van der Waals surface area (Å²) in [5.74, 6) is 1.26. The first-order valence-electron chi connectivity index (χ1n) is 16.4. The second-order valence-corrected chi connectivity index (χ2v) is 12.5. The number of nitrogens with zero attached hydrogens (tertiary/aromatic N) is 3. The Morgan fingerprint density at radius 1 is 0.562 bits per heavy atom. The van der Waals surface area contributed by atoms with Crippen LogP contribution in [0.2, 0.25) is 0 Å². The molecule has 3 heterocycles. The molecule has 0 saturated carbocycles. The first-order chi connectivity index (χ1) is 23.5. The zero-order valence-corrected chi connectivity index (χ0v) is 27.3. The van der Waals surface area contributed by atoms with E-state index in [1.54, 1.807) is 6.20 Å². The van der Waals surface area contributed by atoms with E-state index in [2.05, 4.69) is 122 Å². The maximum Gasteiger partial charge on any atom is 0.247 e. The van der Waals surface area contributed by atoms with Gasteiger partial charge in [-0.2, -0.15) is 0 Å². The summed E-state index contributed by atoms with van der Waals surface area (Å²) in [6, 6.07) is 50.7. The van der Waals surface area contributed by atoms with Gasteiger partial charge in [0, 0.05) is 34.9 Å². The van der Waals surface area contributed by atoms with Gasteiger partial charge in [0.1, 0.15) is 5.75 Å². The lowest BCUT2D eigenvalue weighted by atomic mass is 9.33. The van der Waals surface area contributed by atoms with Crippen LogP contribution in [0.4, 0.5) is 17.1 Å². The lowest BCUT2D eigenvalue weighted by Crippen LogP contribution is -2.58. The molecular weight excluding hydrogens is 585 g/mol. The molecule has 0 atom stereocenters. The predicted molar refractivity (Wildman–Crippen MR) is 199 cm³/mol. The number of benzene rings is 5. The summed E-state index contributed by atoms with van der Waals surface area (Å²) in [4.78, 5) is 11.9. The van der Waals surface area contributed by atoms with Crippen molar-refractivity contribution in [3.05, 3.63) is 168 Å². The lowest BCUT2D eigenvalue weighted by Gasteiger charge is -2.38. The van der Waals surface area contributed by atoms with Crippen molar-refractivity contribution in [3.63, 3.8) is 0 Å². The van der Waals surface area contributed by atoms with Gasteiger partial charge in [-0.25, -0.2) is 4.98 Å². The van der Waals surface area contributed by atoms with E-state index in [4.69, 9.17) is 9.72 Å². The maximum atomic E-state index is 6.32. The molecule has 0 radical (unpaired) electrons. The molecule has 5 heteroatoms. The van der Waals surface area contributed by atoms with Crippen molar-refractivity contribution < 1.29 is 4.74 Å². The number of anilines is 3. The van der Waals surface area contributed by atoms with E-state index in [1.165, 1.54) is 44.5 Å². The minimum Gasteiger partial charge on any atom is -0.439 e. The van der Waals surface area contributed by atoms with E-state index in [0.717, 1.165) is 28.2 Å². The SMILES string of the molecule is Cc1cc(C)c(B2c3ccccc3N(c3ccccc3)c3ccc(-c4cccc(Oc5cccc(-c6ccccn6)c5)n4)cc32)c(C)c1. The van der Waals surface area contributed by atoms with Gasteiger partial charge in [0.15, 0.2) is 0 Å². The summed E-state index contributed by atoms with van der Waals surface area (Å²) >= 11 is 0. The molecule has 1 aliphatic rings. The highest BCUT2D eigenvalue weighted by Crippen LogP contribution is 2.37. The van der Waals surface area contributed by atoms with E-state index >= 15 is 0 Å². The molecule has 0 saturated heterocycles. The standard InChI is InChI=1S/C43H34BN3O/c1-29-25-30(2)43(31(3)26-29)44-36-17-7-8-20-40(36)47(34-14-5-4-6-15-34)41-23-22-33(28-37(41)44)39-19-12-21-42(46-39)48-35-16-11-13-32(27-35)38-18-9-10-24-45-38/h4-28H,1-3H3. The van der Waals surface area contributed by atoms with Gasteiger partial charge in [-0.15, -0.1) is 0 Å². The molecule has 0 unspecified atom stereocenters. The summed E-state index contributed by atoms with van der Waals surface area (Å²) in [6.45, 7) is 6.73. The monoisotopic (exact) mass is 619 g/mol. The van der Waals surface area contributed by atoms with Gasteiger partial charge < -0.3 is 9.64 Å². The van der Waals surface area contributed by atoms with Crippen LogP contribution in [-0.4, -0.2) is 16.7 Å². The number of fused-ring (bicyclic) bond motifs is 2.